The summed E-state index contributed by atoms with van der Waals surface area (Å²) in [6.45, 7) is 5.51. The monoisotopic (exact) mass is 418 g/mol. The number of hydrogen-bond donors (Lipinski definition) is 1. The van der Waals surface area contributed by atoms with Crippen molar-refractivity contribution in [3.63, 3.8) is 0 Å². The highest BCUT2D eigenvalue weighted by Gasteiger charge is 2.53. The number of anilines is 1. The van der Waals surface area contributed by atoms with Crippen LogP contribution < -0.4 is 5.32 Å². The molecular formula is C21H26N2O5S. The van der Waals surface area contributed by atoms with Gasteiger partial charge in [0.15, 0.2) is 12.4 Å². The molecule has 0 radical (unpaired) electrons. The van der Waals surface area contributed by atoms with E-state index in [1.54, 1.807) is 40.9 Å². The van der Waals surface area contributed by atoms with Crippen LogP contribution in [0.4, 0.5) is 5.69 Å². The number of nitrogens with one attached hydrogen (secondary N) is 1. The Morgan fingerprint density at radius 3 is 2.62 bits per heavy atom. The normalized spacial score (nSPS) is 23.2. The molecule has 0 aliphatic carbocycles. The van der Waals surface area contributed by atoms with Gasteiger partial charge in [-0.05, 0) is 43.5 Å². The van der Waals surface area contributed by atoms with Crippen LogP contribution in [-0.2, 0) is 19.1 Å². The Morgan fingerprint density at radius 2 is 1.97 bits per heavy atom. The number of carbonyl (C=O) groups is 4. The Kier molecular flexibility index (Phi) is 6.31. The first-order chi connectivity index (χ1) is 13.7. The van der Waals surface area contributed by atoms with E-state index in [2.05, 4.69) is 5.32 Å². The number of thioether (sulfide) groups is 1. The minimum Gasteiger partial charge on any atom is -0.456 e. The molecule has 3 rings (SSSR count). The van der Waals surface area contributed by atoms with Crippen molar-refractivity contribution in [3.05, 3.63) is 29.8 Å². The van der Waals surface area contributed by atoms with Crippen LogP contribution in [0.2, 0.25) is 0 Å². The molecule has 2 amide bonds. The van der Waals surface area contributed by atoms with Crippen molar-refractivity contribution < 1.29 is 23.9 Å². The Hall–Kier alpha value is -2.35. The molecule has 1 aromatic rings. The van der Waals surface area contributed by atoms with Crippen molar-refractivity contribution in [2.45, 2.75) is 50.9 Å². The minimum absolute atomic E-state index is 0.0409. The van der Waals surface area contributed by atoms with E-state index in [-0.39, 0.29) is 35.0 Å². The van der Waals surface area contributed by atoms with E-state index in [0.29, 0.717) is 29.8 Å². The van der Waals surface area contributed by atoms with E-state index in [9.17, 15) is 19.2 Å². The molecule has 0 bridgehead atoms. The molecule has 0 spiro atoms. The van der Waals surface area contributed by atoms with Gasteiger partial charge in [-0.3, -0.25) is 14.4 Å². The molecule has 7 nitrogen and oxygen atoms in total. The fourth-order valence-electron chi connectivity index (χ4n) is 3.63. The van der Waals surface area contributed by atoms with Crippen molar-refractivity contribution in [2.75, 3.05) is 17.7 Å². The highest BCUT2D eigenvalue weighted by atomic mass is 32.2. The molecule has 0 unspecified atom stereocenters. The van der Waals surface area contributed by atoms with E-state index in [4.69, 9.17) is 4.74 Å². The van der Waals surface area contributed by atoms with E-state index in [1.165, 1.54) is 0 Å². The average molecular weight is 419 g/mol. The van der Waals surface area contributed by atoms with E-state index in [0.717, 1.165) is 6.42 Å². The van der Waals surface area contributed by atoms with Gasteiger partial charge in [0.05, 0.1) is 4.87 Å². The fourth-order valence-corrected chi connectivity index (χ4v) is 5.05. The van der Waals surface area contributed by atoms with Crippen LogP contribution in [0.25, 0.3) is 0 Å². The standard InChI is InChI=1S/C21H26N2O5S/c1-13(2)10-18(25)22-15-6-4-14(5-7-15)17(24)11-28-20(27)16-12-29-21(3)9-8-19(26)23(16)21/h4-7,13,16H,8-12H2,1-3H3,(H,22,25)/t16-,21+/m1/s1. The number of Topliss-reactive ketones (excluding diaryl/α,β-unsaturated/α-hetero) is 1. The maximum Gasteiger partial charge on any atom is 0.330 e. The number of fused-ring (bicyclic) bond motifs is 1. The van der Waals surface area contributed by atoms with Crippen LogP contribution in [0.15, 0.2) is 24.3 Å². The summed E-state index contributed by atoms with van der Waals surface area (Å²) < 4.78 is 5.22. The molecule has 1 N–H and O–H groups in total. The maximum atomic E-state index is 12.4. The fraction of sp³-hybridized carbons (Fsp3) is 0.524. The van der Waals surface area contributed by atoms with Crippen LogP contribution in [0.3, 0.4) is 0 Å². The smallest absolute Gasteiger partial charge is 0.330 e. The summed E-state index contributed by atoms with van der Waals surface area (Å²) in [4.78, 5) is 50.0. The lowest BCUT2D eigenvalue weighted by Crippen LogP contribution is -2.46. The lowest BCUT2D eigenvalue weighted by Gasteiger charge is -2.29. The Labute approximate surface area is 174 Å². The topological polar surface area (TPSA) is 92.8 Å². The second-order valence-electron chi connectivity index (χ2n) is 8.02. The summed E-state index contributed by atoms with van der Waals surface area (Å²) in [6, 6.07) is 5.84. The average Bonchev–Trinajstić information content (AvgIpc) is 3.15. The van der Waals surface area contributed by atoms with Crippen LogP contribution in [-0.4, -0.2) is 51.7 Å². The number of nitrogens with zero attached hydrogens (tertiary/aromatic N) is 1. The van der Waals surface area contributed by atoms with Gasteiger partial charge >= 0.3 is 5.97 Å². The van der Waals surface area contributed by atoms with Crippen LogP contribution in [0.5, 0.6) is 0 Å². The summed E-state index contributed by atoms with van der Waals surface area (Å²) in [6.07, 6.45) is 1.58. The predicted octanol–water partition coefficient (Wildman–Crippen LogP) is 2.85. The SMILES string of the molecule is CC(C)CC(=O)Nc1ccc(C(=O)COC(=O)[C@H]2CS[C@@]3(C)CCC(=O)N23)cc1. The molecule has 156 valence electrons. The van der Waals surface area contributed by atoms with E-state index >= 15 is 0 Å². The van der Waals surface area contributed by atoms with Gasteiger partial charge in [-0.2, -0.15) is 0 Å². The van der Waals surface area contributed by atoms with Crippen molar-refractivity contribution in [2.24, 2.45) is 5.92 Å². The van der Waals surface area contributed by atoms with E-state index < -0.39 is 12.0 Å². The zero-order valence-electron chi connectivity index (χ0n) is 16.9. The third-order valence-corrected chi connectivity index (χ3v) is 6.65. The Balaban J connectivity index is 1.52. The Morgan fingerprint density at radius 1 is 1.28 bits per heavy atom. The first kappa shape index (κ1) is 21.4. The number of hydrogen-bond acceptors (Lipinski definition) is 6. The minimum atomic E-state index is -0.633. The second kappa shape index (κ2) is 8.57. The molecule has 2 aliphatic rings. The summed E-state index contributed by atoms with van der Waals surface area (Å²) in [7, 11) is 0. The zero-order chi connectivity index (χ0) is 21.2. The number of ketones is 1. The quantitative estimate of drug-likeness (QED) is 0.541. The molecule has 2 fully saturated rings. The Bertz CT molecular complexity index is 823. The molecule has 0 saturated carbocycles. The maximum absolute atomic E-state index is 12.4. The molecule has 2 heterocycles. The number of rotatable bonds is 7. The van der Waals surface area contributed by atoms with Crippen molar-refractivity contribution >= 4 is 41.0 Å². The zero-order valence-corrected chi connectivity index (χ0v) is 17.7. The number of benzene rings is 1. The molecule has 1 aromatic carbocycles. The second-order valence-corrected chi connectivity index (χ2v) is 9.52. The molecule has 2 aliphatic heterocycles. The molecule has 0 aromatic heterocycles. The van der Waals surface area contributed by atoms with Gasteiger partial charge in [-0.15, -0.1) is 11.8 Å². The largest absolute Gasteiger partial charge is 0.456 e. The van der Waals surface area contributed by atoms with Crippen molar-refractivity contribution in [1.82, 2.24) is 4.90 Å². The van der Waals surface area contributed by atoms with Gasteiger partial charge in [0, 0.05) is 29.8 Å². The molecule has 29 heavy (non-hydrogen) atoms. The lowest BCUT2D eigenvalue weighted by atomic mass is 10.1. The molecule has 2 atom stereocenters. The van der Waals surface area contributed by atoms with Crippen LogP contribution in [0.1, 0.15) is 50.4 Å². The van der Waals surface area contributed by atoms with Gasteiger partial charge < -0.3 is 15.0 Å². The summed E-state index contributed by atoms with van der Waals surface area (Å²) in [5.41, 5.74) is 1.00. The van der Waals surface area contributed by atoms with Gasteiger partial charge in [0.2, 0.25) is 11.8 Å². The third-order valence-electron chi connectivity index (χ3n) is 5.15. The number of esters is 1. The number of carbonyl (C=O) groups excluding carboxylic acids is 4. The van der Waals surface area contributed by atoms with Gasteiger partial charge in [0.25, 0.3) is 0 Å². The van der Waals surface area contributed by atoms with Gasteiger partial charge in [0.1, 0.15) is 6.04 Å². The third kappa shape index (κ3) is 4.80. The van der Waals surface area contributed by atoms with E-state index in [1.807, 2.05) is 20.8 Å². The summed E-state index contributed by atoms with van der Waals surface area (Å²) >= 11 is 1.58. The van der Waals surface area contributed by atoms with Crippen molar-refractivity contribution in [3.8, 4) is 0 Å². The van der Waals surface area contributed by atoms with Crippen molar-refractivity contribution in [1.29, 1.82) is 0 Å². The number of amides is 2. The summed E-state index contributed by atoms with van der Waals surface area (Å²) in [5, 5.41) is 2.78. The predicted molar refractivity (Wildman–Crippen MR) is 111 cm³/mol. The lowest BCUT2D eigenvalue weighted by molar-refractivity contribution is -0.152. The van der Waals surface area contributed by atoms with Gasteiger partial charge in [-0.1, -0.05) is 13.8 Å². The highest BCUT2D eigenvalue weighted by molar-refractivity contribution is 8.01. The van der Waals surface area contributed by atoms with Crippen LogP contribution in [0, 0.1) is 5.92 Å². The van der Waals surface area contributed by atoms with Crippen LogP contribution >= 0.6 is 11.8 Å². The first-order valence-corrected chi connectivity index (χ1v) is 10.7. The molecular weight excluding hydrogens is 392 g/mol. The number of ether oxygens (including phenoxy) is 1. The summed E-state index contributed by atoms with van der Waals surface area (Å²) in [5.74, 6) is -0.244. The first-order valence-electron chi connectivity index (χ1n) is 9.75. The van der Waals surface area contributed by atoms with Gasteiger partial charge in [-0.25, -0.2) is 4.79 Å². The highest BCUT2D eigenvalue weighted by Crippen LogP contribution is 2.47. The molecule has 8 heteroatoms. The molecule has 2 saturated heterocycles.